The molecule has 0 aromatic heterocycles. The Labute approximate surface area is 134 Å². The van der Waals surface area contributed by atoms with Crippen LogP contribution in [0.15, 0.2) is 0 Å². The fourth-order valence-electron chi connectivity index (χ4n) is 2.06. The molecule has 2 nitrogen and oxygen atoms in total. The van der Waals surface area contributed by atoms with Crippen molar-refractivity contribution in [3.8, 4) is 0 Å². The Morgan fingerprint density at radius 3 is 1.94 bits per heavy atom. The maximum atomic E-state index is 11.3. The molecule has 0 aromatic carbocycles. The zero-order chi connectivity index (χ0) is 13.3. The molecule has 2 unspecified atom stereocenters. The third-order valence-electron chi connectivity index (χ3n) is 3.09. The van der Waals surface area contributed by atoms with Gasteiger partial charge in [-0.1, -0.05) is 52.9 Å². The van der Waals surface area contributed by atoms with E-state index < -0.39 is 5.69 Å². The van der Waals surface area contributed by atoms with Crippen LogP contribution in [-0.2, 0) is 31.3 Å². The van der Waals surface area contributed by atoms with Crippen molar-refractivity contribution in [3.05, 3.63) is 0 Å². The van der Waals surface area contributed by atoms with E-state index in [-0.39, 0.29) is 24.7 Å². The van der Waals surface area contributed by atoms with Gasteiger partial charge in [-0.15, -0.1) is 11.8 Å². The van der Waals surface area contributed by atoms with Crippen molar-refractivity contribution in [3.63, 3.8) is 0 Å². The van der Waals surface area contributed by atoms with E-state index >= 15 is 0 Å². The van der Waals surface area contributed by atoms with Crippen molar-refractivity contribution in [2.24, 2.45) is 5.92 Å². The van der Waals surface area contributed by atoms with Gasteiger partial charge in [-0.3, -0.25) is 0 Å². The molecule has 0 bridgehead atoms. The first-order chi connectivity index (χ1) is 7.94. The second-order valence-electron chi connectivity index (χ2n) is 4.54. The van der Waals surface area contributed by atoms with Crippen molar-refractivity contribution in [1.82, 2.24) is 0 Å². The monoisotopic (exact) mass is 360 g/mol. The van der Waals surface area contributed by atoms with Gasteiger partial charge in [0.2, 0.25) is 0 Å². The van der Waals surface area contributed by atoms with Gasteiger partial charge in [0.15, 0.2) is 0 Å². The smallest absolute Gasteiger partial charge is 0.825 e. The van der Waals surface area contributed by atoms with Crippen LogP contribution in [0.25, 0.3) is 0 Å². The Kier molecular flexibility index (Phi) is 14.9. The first kappa shape index (κ1) is 21.8. The SMILES string of the molecule is CCCCC(CC)C(CCCC)SP([O-])([O-])=S.[Zn+2]. The quantitative estimate of drug-likeness (QED) is 0.442. The largest absolute Gasteiger partial charge is 2.00 e. The van der Waals surface area contributed by atoms with Gasteiger partial charge in [-0.05, 0) is 18.8 Å². The summed E-state index contributed by atoms with van der Waals surface area (Å²) in [5, 5.41) is 0.201. The average Bonchev–Trinajstić information content (AvgIpc) is 2.24. The Balaban J connectivity index is 0. The van der Waals surface area contributed by atoms with Crippen LogP contribution in [0.1, 0.15) is 65.7 Å². The Morgan fingerprint density at radius 1 is 1.06 bits per heavy atom. The topological polar surface area (TPSA) is 46.1 Å². The van der Waals surface area contributed by atoms with E-state index in [1.807, 2.05) is 0 Å². The molecule has 18 heavy (non-hydrogen) atoms. The van der Waals surface area contributed by atoms with Gasteiger partial charge in [0.1, 0.15) is 0 Å². The van der Waals surface area contributed by atoms with Gasteiger partial charge in [0.05, 0.1) is 0 Å². The molecule has 0 rings (SSSR count). The molecule has 0 aliphatic heterocycles. The predicted molar refractivity (Wildman–Crippen MR) is 78.5 cm³/mol. The molecule has 0 radical (unpaired) electrons. The number of unbranched alkanes of at least 4 members (excludes halogenated alkanes) is 2. The van der Waals surface area contributed by atoms with Crippen LogP contribution >= 0.6 is 17.1 Å². The van der Waals surface area contributed by atoms with Crippen molar-refractivity contribution in [2.75, 3.05) is 0 Å². The third kappa shape index (κ3) is 11.4. The molecule has 0 fully saturated rings. The van der Waals surface area contributed by atoms with Gasteiger partial charge < -0.3 is 9.79 Å². The Morgan fingerprint density at radius 2 is 1.56 bits per heavy atom. The summed E-state index contributed by atoms with van der Waals surface area (Å²) in [7, 11) is 0. The summed E-state index contributed by atoms with van der Waals surface area (Å²) in [5.41, 5.74) is -3.61. The van der Waals surface area contributed by atoms with E-state index in [0.29, 0.717) is 5.92 Å². The molecule has 0 saturated heterocycles. The maximum absolute atomic E-state index is 11.3. The molecule has 0 aliphatic carbocycles. The molecule has 2 atom stereocenters. The van der Waals surface area contributed by atoms with Gasteiger partial charge in [-0.25, -0.2) is 0 Å². The van der Waals surface area contributed by atoms with E-state index in [1.165, 1.54) is 12.8 Å². The van der Waals surface area contributed by atoms with Crippen LogP contribution in [0.3, 0.4) is 0 Å². The van der Waals surface area contributed by atoms with Crippen LogP contribution in [-0.4, -0.2) is 5.25 Å². The van der Waals surface area contributed by atoms with E-state index in [1.54, 1.807) is 0 Å². The molecule has 0 amide bonds. The minimum absolute atomic E-state index is 0. The van der Waals surface area contributed by atoms with E-state index in [4.69, 9.17) is 0 Å². The summed E-state index contributed by atoms with van der Waals surface area (Å²) in [4.78, 5) is 22.6. The summed E-state index contributed by atoms with van der Waals surface area (Å²) in [6, 6.07) is 0. The number of hydrogen-bond acceptors (Lipinski definition) is 4. The second-order valence-corrected chi connectivity index (χ2v) is 10.5. The normalized spacial score (nSPS) is 14.9. The third-order valence-corrected chi connectivity index (χ3v) is 6.60. The fraction of sp³-hybridized carbons (Fsp3) is 1.00. The summed E-state index contributed by atoms with van der Waals surface area (Å²) >= 11 is 5.59. The van der Waals surface area contributed by atoms with Gasteiger partial charge >= 0.3 is 19.5 Å². The van der Waals surface area contributed by atoms with Crippen LogP contribution in [0.5, 0.6) is 0 Å². The van der Waals surface area contributed by atoms with E-state index in [9.17, 15) is 9.79 Å². The van der Waals surface area contributed by atoms with Crippen molar-refractivity contribution in [1.29, 1.82) is 0 Å². The van der Waals surface area contributed by atoms with Crippen molar-refractivity contribution >= 4 is 28.9 Å². The fourth-order valence-corrected chi connectivity index (χ4v) is 5.99. The Hall–Kier alpha value is 1.54. The molecule has 104 valence electrons. The molecule has 6 heteroatoms. The first-order valence-corrected chi connectivity index (χ1v) is 10.8. The average molecular weight is 362 g/mol. The van der Waals surface area contributed by atoms with Crippen LogP contribution in [0.2, 0.25) is 0 Å². The predicted octanol–water partition coefficient (Wildman–Crippen LogP) is 3.44. The van der Waals surface area contributed by atoms with Crippen molar-refractivity contribution in [2.45, 2.75) is 71.0 Å². The van der Waals surface area contributed by atoms with E-state index in [2.05, 4.69) is 32.6 Å². The summed E-state index contributed by atoms with van der Waals surface area (Å²) in [5.74, 6) is 0.497. The molecular formula is C12H25O2PS2Zn. The molecule has 0 spiro atoms. The summed E-state index contributed by atoms with van der Waals surface area (Å²) in [6.07, 6.45) is 7.72. The maximum Gasteiger partial charge on any atom is 2.00 e. The minimum Gasteiger partial charge on any atom is -0.825 e. The molecular weight excluding hydrogens is 337 g/mol. The van der Waals surface area contributed by atoms with Gasteiger partial charge in [0.25, 0.3) is 0 Å². The molecule has 0 heterocycles. The zero-order valence-electron chi connectivity index (χ0n) is 11.9. The van der Waals surface area contributed by atoms with Gasteiger partial charge in [0, 0.05) is 5.25 Å². The molecule has 0 N–H and O–H groups in total. The first-order valence-electron chi connectivity index (χ1n) is 6.65. The minimum atomic E-state index is -3.61. The zero-order valence-corrected chi connectivity index (χ0v) is 17.4. The summed E-state index contributed by atoms with van der Waals surface area (Å²) in [6.45, 7) is 6.46. The second kappa shape index (κ2) is 12.3. The number of hydrogen-bond donors (Lipinski definition) is 0. The number of rotatable bonds is 10. The van der Waals surface area contributed by atoms with Gasteiger partial charge in [-0.2, -0.15) is 17.1 Å². The van der Waals surface area contributed by atoms with E-state index in [0.717, 1.165) is 43.5 Å². The van der Waals surface area contributed by atoms with Crippen LogP contribution < -0.4 is 9.79 Å². The Bertz CT molecular complexity index is 236. The standard InChI is InChI=1S/C12H27O2PS2.Zn/c1-4-7-9-11(6-3)12(10-8-5-2)17-15(13,14)16;/h11-12H,4-10H2,1-3H3,(H2,13,14,16);/q;+2/p-2. The molecule has 0 aliphatic rings. The summed E-state index contributed by atoms with van der Waals surface area (Å²) < 4.78 is 0. The van der Waals surface area contributed by atoms with Crippen LogP contribution in [0, 0.1) is 5.92 Å². The molecule has 0 saturated carbocycles. The van der Waals surface area contributed by atoms with Crippen LogP contribution in [0.4, 0.5) is 0 Å². The molecule has 0 aromatic rings. The van der Waals surface area contributed by atoms with Crippen molar-refractivity contribution < 1.29 is 29.3 Å².